The number of aromatic nitrogens is 2. The number of hydrogen-bond acceptors (Lipinski definition) is 2. The Balaban J connectivity index is 2.37. The topological polar surface area (TPSA) is 67.7 Å². The summed E-state index contributed by atoms with van der Waals surface area (Å²) in [5.41, 5.74) is 7.35. The van der Waals surface area contributed by atoms with Gasteiger partial charge in [-0.1, -0.05) is 24.3 Å². The molecule has 0 aliphatic carbocycles. The molecule has 0 saturated heterocycles. The van der Waals surface area contributed by atoms with Crippen molar-refractivity contribution in [2.45, 2.75) is 0 Å². The fourth-order valence-corrected chi connectivity index (χ4v) is 2.13. The summed E-state index contributed by atoms with van der Waals surface area (Å²) in [4.78, 5) is 0. The van der Waals surface area contributed by atoms with Crippen LogP contribution in [0.2, 0.25) is 0 Å². The molecule has 3 aromatic rings. The van der Waals surface area contributed by atoms with Crippen molar-refractivity contribution < 1.29 is 0 Å². The van der Waals surface area contributed by atoms with Crippen LogP contribution in [0.3, 0.4) is 0 Å². The van der Waals surface area contributed by atoms with Crippen molar-refractivity contribution in [2.24, 2.45) is 5.73 Å². The average Bonchev–Trinajstić information content (AvgIpc) is 2.91. The molecule has 0 radical (unpaired) electrons. The quantitative estimate of drug-likeness (QED) is 0.529. The third-order valence-corrected chi connectivity index (χ3v) is 2.94. The monoisotopic (exact) mass is 236 g/mol. The van der Waals surface area contributed by atoms with Gasteiger partial charge in [-0.15, -0.1) is 0 Å². The van der Waals surface area contributed by atoms with Crippen LogP contribution in [0.15, 0.2) is 54.9 Å². The van der Waals surface area contributed by atoms with Gasteiger partial charge in [0, 0.05) is 23.3 Å². The van der Waals surface area contributed by atoms with E-state index in [0.29, 0.717) is 0 Å². The highest BCUT2D eigenvalue weighted by Crippen LogP contribution is 2.24. The second-order valence-corrected chi connectivity index (χ2v) is 4.04. The summed E-state index contributed by atoms with van der Waals surface area (Å²) in [7, 11) is 0. The fraction of sp³-hybridized carbons (Fsp3) is 0. The first-order valence-corrected chi connectivity index (χ1v) is 5.63. The Labute approximate surface area is 104 Å². The summed E-state index contributed by atoms with van der Waals surface area (Å²) in [6, 6.07) is 13.6. The highest BCUT2D eigenvalue weighted by atomic mass is 15.3. The number of hydrogen-bond donors (Lipinski definition) is 2. The maximum atomic E-state index is 7.62. The zero-order valence-corrected chi connectivity index (χ0v) is 9.67. The van der Waals surface area contributed by atoms with E-state index in [1.165, 1.54) is 0 Å². The zero-order valence-electron chi connectivity index (χ0n) is 9.67. The lowest BCUT2D eigenvalue weighted by molar-refractivity contribution is 0.888. The normalized spacial score (nSPS) is 10.7. The maximum absolute atomic E-state index is 7.62. The van der Waals surface area contributed by atoms with Gasteiger partial charge < -0.3 is 5.73 Å². The van der Waals surface area contributed by atoms with Gasteiger partial charge >= 0.3 is 0 Å². The fourth-order valence-electron chi connectivity index (χ4n) is 2.13. The number of benzene rings is 2. The van der Waals surface area contributed by atoms with Gasteiger partial charge in [-0.2, -0.15) is 5.10 Å². The summed E-state index contributed by atoms with van der Waals surface area (Å²) < 4.78 is 1.81. The van der Waals surface area contributed by atoms with Gasteiger partial charge in [0.1, 0.15) is 5.84 Å². The maximum Gasteiger partial charge on any atom is 0.123 e. The van der Waals surface area contributed by atoms with Crippen LogP contribution in [-0.4, -0.2) is 15.6 Å². The molecule has 0 aliphatic heterocycles. The largest absolute Gasteiger partial charge is 0.384 e. The molecule has 1 aromatic heterocycles. The first-order valence-electron chi connectivity index (χ1n) is 5.63. The van der Waals surface area contributed by atoms with Gasteiger partial charge in [-0.05, 0) is 23.6 Å². The Kier molecular flexibility index (Phi) is 2.34. The molecule has 3 N–H and O–H groups in total. The predicted octanol–water partition coefficient (Wildman–Crippen LogP) is 2.31. The van der Waals surface area contributed by atoms with E-state index in [2.05, 4.69) is 5.10 Å². The van der Waals surface area contributed by atoms with Crippen molar-refractivity contribution in [2.75, 3.05) is 0 Å². The number of nitrogens with two attached hydrogens (primary N) is 1. The molecular formula is C14H12N4. The molecule has 18 heavy (non-hydrogen) atoms. The highest BCUT2D eigenvalue weighted by molar-refractivity contribution is 6.09. The zero-order chi connectivity index (χ0) is 12.5. The SMILES string of the molecule is N=C(N)c1ccc(-n2cccn2)c2ccccc12. The standard InChI is InChI=1S/C14H12N4/c15-14(16)12-6-7-13(18-9-3-8-17-18)11-5-2-1-4-10(11)12/h1-9H,(H3,15,16). The van der Waals surface area contributed by atoms with Crippen LogP contribution in [0, 0.1) is 5.41 Å². The highest BCUT2D eigenvalue weighted by Gasteiger charge is 2.08. The number of fused-ring (bicyclic) bond motifs is 1. The van der Waals surface area contributed by atoms with E-state index >= 15 is 0 Å². The Morgan fingerprint density at radius 1 is 1.06 bits per heavy atom. The van der Waals surface area contributed by atoms with Gasteiger partial charge in [-0.3, -0.25) is 5.41 Å². The number of nitrogen functional groups attached to an aromatic ring is 1. The lowest BCUT2D eigenvalue weighted by atomic mass is 10.0. The van der Waals surface area contributed by atoms with Crippen LogP contribution in [0.1, 0.15) is 5.56 Å². The molecule has 0 bridgehead atoms. The summed E-state index contributed by atoms with van der Waals surface area (Å²) in [5.74, 6) is 0.0817. The first-order chi connectivity index (χ1) is 8.77. The van der Waals surface area contributed by atoms with Crippen LogP contribution in [0.5, 0.6) is 0 Å². The van der Waals surface area contributed by atoms with E-state index in [0.717, 1.165) is 22.0 Å². The predicted molar refractivity (Wildman–Crippen MR) is 72.1 cm³/mol. The number of rotatable bonds is 2. The van der Waals surface area contributed by atoms with E-state index in [9.17, 15) is 0 Å². The van der Waals surface area contributed by atoms with Crippen LogP contribution < -0.4 is 5.73 Å². The lowest BCUT2D eigenvalue weighted by Gasteiger charge is -2.10. The molecule has 1 heterocycles. The molecule has 0 fully saturated rings. The second-order valence-electron chi connectivity index (χ2n) is 4.04. The Morgan fingerprint density at radius 2 is 1.83 bits per heavy atom. The first kappa shape index (κ1) is 10.5. The third kappa shape index (κ3) is 1.55. The van der Waals surface area contributed by atoms with Gasteiger partial charge in [0.25, 0.3) is 0 Å². The van der Waals surface area contributed by atoms with Crippen LogP contribution in [0.25, 0.3) is 16.5 Å². The minimum Gasteiger partial charge on any atom is -0.384 e. The molecule has 3 rings (SSSR count). The van der Waals surface area contributed by atoms with E-state index in [-0.39, 0.29) is 5.84 Å². The number of nitrogens with one attached hydrogen (secondary N) is 1. The lowest BCUT2D eigenvalue weighted by Crippen LogP contribution is -2.12. The molecule has 2 aromatic carbocycles. The van der Waals surface area contributed by atoms with Gasteiger partial charge in [0.2, 0.25) is 0 Å². The van der Waals surface area contributed by atoms with Crippen LogP contribution >= 0.6 is 0 Å². The van der Waals surface area contributed by atoms with Crippen molar-refractivity contribution in [1.29, 1.82) is 5.41 Å². The van der Waals surface area contributed by atoms with Crippen molar-refractivity contribution in [1.82, 2.24) is 9.78 Å². The smallest absolute Gasteiger partial charge is 0.123 e. The van der Waals surface area contributed by atoms with Crippen LogP contribution in [0.4, 0.5) is 0 Å². The molecule has 0 amide bonds. The average molecular weight is 236 g/mol. The van der Waals surface area contributed by atoms with Crippen molar-refractivity contribution in [3.63, 3.8) is 0 Å². The second kappa shape index (κ2) is 4.00. The van der Waals surface area contributed by atoms with Gasteiger partial charge in [0.05, 0.1) is 5.69 Å². The van der Waals surface area contributed by atoms with Crippen molar-refractivity contribution >= 4 is 16.6 Å². The molecule has 0 unspecified atom stereocenters. The summed E-state index contributed by atoms with van der Waals surface area (Å²) in [6.07, 6.45) is 3.64. The van der Waals surface area contributed by atoms with E-state index in [1.807, 2.05) is 53.3 Å². The van der Waals surface area contributed by atoms with E-state index in [4.69, 9.17) is 11.1 Å². The Bertz CT molecular complexity index is 714. The summed E-state index contributed by atoms with van der Waals surface area (Å²) >= 11 is 0. The van der Waals surface area contributed by atoms with E-state index in [1.54, 1.807) is 6.20 Å². The van der Waals surface area contributed by atoms with Gasteiger partial charge in [0.15, 0.2) is 0 Å². The molecule has 0 atom stereocenters. The van der Waals surface area contributed by atoms with E-state index < -0.39 is 0 Å². The van der Waals surface area contributed by atoms with Gasteiger partial charge in [-0.25, -0.2) is 4.68 Å². The van der Waals surface area contributed by atoms with Crippen molar-refractivity contribution in [3.8, 4) is 5.69 Å². The van der Waals surface area contributed by atoms with Crippen molar-refractivity contribution in [3.05, 3.63) is 60.4 Å². The Morgan fingerprint density at radius 3 is 2.50 bits per heavy atom. The molecule has 0 aliphatic rings. The summed E-state index contributed by atoms with van der Waals surface area (Å²) in [6.45, 7) is 0. The molecule has 0 saturated carbocycles. The third-order valence-electron chi connectivity index (χ3n) is 2.94. The summed E-state index contributed by atoms with van der Waals surface area (Å²) in [5, 5.41) is 13.9. The molecule has 0 spiro atoms. The molecule has 4 heteroatoms. The molecule has 88 valence electrons. The minimum absolute atomic E-state index is 0.0817. The molecular weight excluding hydrogens is 224 g/mol. The Hall–Kier alpha value is -2.62. The minimum atomic E-state index is 0.0817. The number of nitrogens with zero attached hydrogens (tertiary/aromatic N) is 2. The van der Waals surface area contributed by atoms with Crippen LogP contribution in [-0.2, 0) is 0 Å². The molecule has 4 nitrogen and oxygen atoms in total. The number of amidine groups is 1.